The van der Waals surface area contributed by atoms with Crippen LogP contribution in [0.5, 0.6) is 0 Å². The van der Waals surface area contributed by atoms with E-state index in [4.69, 9.17) is 4.74 Å². The highest BCUT2D eigenvalue weighted by Gasteiger charge is 2.32. The van der Waals surface area contributed by atoms with Gasteiger partial charge in [0.1, 0.15) is 5.69 Å². The Morgan fingerprint density at radius 1 is 1.55 bits per heavy atom. The number of carbonyl (C=O) groups excluding carboxylic acids is 1. The van der Waals surface area contributed by atoms with Gasteiger partial charge in [0, 0.05) is 13.1 Å². The van der Waals surface area contributed by atoms with Gasteiger partial charge in [-0.2, -0.15) is 4.98 Å². The molecule has 0 saturated heterocycles. The van der Waals surface area contributed by atoms with Crippen LogP contribution in [0.15, 0.2) is 17.8 Å². The van der Waals surface area contributed by atoms with Gasteiger partial charge >= 0.3 is 5.95 Å². The summed E-state index contributed by atoms with van der Waals surface area (Å²) in [6.45, 7) is 4.85. The predicted octanol–water partition coefficient (Wildman–Crippen LogP) is 1.06. The lowest BCUT2D eigenvalue weighted by Gasteiger charge is -2.29. The number of aliphatic hydroxyl groups is 1. The molecule has 1 amide bonds. The minimum absolute atomic E-state index is 0.0262. The van der Waals surface area contributed by atoms with Crippen molar-refractivity contribution in [2.24, 2.45) is 0 Å². The molecule has 1 aliphatic rings. The zero-order valence-electron chi connectivity index (χ0n) is 11.6. The smallest absolute Gasteiger partial charge is 0.307 e. The molecule has 0 bridgehead atoms. The number of rotatable bonds is 4. The molecule has 1 aromatic rings. The van der Waals surface area contributed by atoms with E-state index >= 15 is 0 Å². The molecule has 0 saturated carbocycles. The summed E-state index contributed by atoms with van der Waals surface area (Å²) in [4.78, 5) is 22.1. The van der Waals surface area contributed by atoms with Crippen molar-refractivity contribution in [1.29, 1.82) is 0 Å². The summed E-state index contributed by atoms with van der Waals surface area (Å²) >= 11 is 0. The van der Waals surface area contributed by atoms with Crippen LogP contribution in [0.1, 0.15) is 13.8 Å². The average molecular weight is 279 g/mol. The molecular weight excluding hydrogens is 262 g/mol. The molecule has 1 aromatic heterocycles. The number of anilines is 3. The van der Waals surface area contributed by atoms with Crippen molar-refractivity contribution >= 4 is 23.4 Å². The van der Waals surface area contributed by atoms with E-state index in [0.717, 1.165) is 0 Å². The first kappa shape index (κ1) is 13.9. The maximum Gasteiger partial charge on any atom is 0.307 e. The molecule has 0 fully saturated rings. The van der Waals surface area contributed by atoms with Gasteiger partial charge in [-0.15, -0.1) is 0 Å². The van der Waals surface area contributed by atoms with Gasteiger partial charge in [-0.25, -0.2) is 4.98 Å². The Balaban J connectivity index is 2.48. The van der Waals surface area contributed by atoms with Crippen LogP contribution in [0.3, 0.4) is 0 Å². The number of carbonyl (C=O) groups is 1. The molecule has 1 aliphatic heterocycles. The summed E-state index contributed by atoms with van der Waals surface area (Å²) in [5, 5.41) is 15.4. The lowest BCUT2D eigenvalue weighted by atomic mass is 10.2. The number of amides is 1. The van der Waals surface area contributed by atoms with Crippen molar-refractivity contribution in [3.05, 3.63) is 17.8 Å². The third-order valence-corrected chi connectivity index (χ3v) is 2.80. The van der Waals surface area contributed by atoms with Gasteiger partial charge in [-0.05, 0) is 13.8 Å². The molecule has 20 heavy (non-hydrogen) atoms. The maximum absolute atomic E-state index is 12.3. The van der Waals surface area contributed by atoms with E-state index in [1.807, 2.05) is 13.8 Å². The van der Waals surface area contributed by atoms with Crippen LogP contribution in [0.25, 0.3) is 0 Å². The predicted molar refractivity (Wildman–Crippen MR) is 74.5 cm³/mol. The fourth-order valence-corrected chi connectivity index (χ4v) is 1.87. The Hall–Kier alpha value is -2.51. The van der Waals surface area contributed by atoms with Gasteiger partial charge in [0.2, 0.25) is 5.95 Å². The van der Waals surface area contributed by atoms with Crippen LogP contribution in [-0.4, -0.2) is 41.2 Å². The highest BCUT2D eigenvalue weighted by Crippen LogP contribution is 2.31. The number of fused-ring (bicyclic) bond motifs is 1. The van der Waals surface area contributed by atoms with Gasteiger partial charge < -0.3 is 20.5 Å². The van der Waals surface area contributed by atoms with Crippen molar-refractivity contribution in [2.45, 2.75) is 13.8 Å². The third kappa shape index (κ3) is 2.31. The number of hydrogen-bond acceptors (Lipinski definition) is 7. The van der Waals surface area contributed by atoms with Crippen molar-refractivity contribution < 1.29 is 14.6 Å². The second-order valence-corrected chi connectivity index (χ2v) is 4.02. The molecule has 0 aliphatic carbocycles. The summed E-state index contributed by atoms with van der Waals surface area (Å²) in [5.41, 5.74) is 0.508. The molecule has 0 unspecified atom stereocenters. The lowest BCUT2D eigenvalue weighted by molar-refractivity contribution is -0.115. The molecule has 108 valence electrons. The van der Waals surface area contributed by atoms with Crippen molar-refractivity contribution in [1.82, 2.24) is 9.97 Å². The number of nitrogens with zero attached hydrogens (tertiary/aromatic N) is 3. The van der Waals surface area contributed by atoms with Crippen LogP contribution in [0.2, 0.25) is 0 Å². The second kappa shape index (κ2) is 5.64. The summed E-state index contributed by atoms with van der Waals surface area (Å²) in [6, 6.07) is 0. The van der Waals surface area contributed by atoms with Crippen LogP contribution < -0.4 is 15.5 Å². The zero-order chi connectivity index (χ0) is 14.7. The van der Waals surface area contributed by atoms with Crippen LogP contribution in [0.4, 0.5) is 17.5 Å². The Morgan fingerprint density at radius 3 is 2.90 bits per heavy atom. The van der Waals surface area contributed by atoms with Crippen molar-refractivity contribution in [2.75, 3.05) is 35.7 Å². The molecule has 8 heteroatoms. The fourth-order valence-electron chi connectivity index (χ4n) is 1.87. The van der Waals surface area contributed by atoms with Crippen LogP contribution in [-0.2, 0) is 9.53 Å². The second-order valence-electron chi connectivity index (χ2n) is 4.02. The molecule has 0 radical (unpaired) electrons. The fraction of sp³-hybridized carbons (Fsp3) is 0.417. The van der Waals surface area contributed by atoms with Gasteiger partial charge in [-0.3, -0.25) is 9.69 Å². The van der Waals surface area contributed by atoms with Crippen LogP contribution >= 0.6 is 0 Å². The zero-order valence-corrected chi connectivity index (χ0v) is 11.6. The Labute approximate surface area is 116 Å². The first-order valence-corrected chi connectivity index (χ1v) is 6.29. The number of methoxy groups -OCH3 is 1. The molecule has 0 atom stereocenters. The summed E-state index contributed by atoms with van der Waals surface area (Å²) < 4.78 is 4.70. The average Bonchev–Trinajstić information content (AvgIpc) is 2.46. The van der Waals surface area contributed by atoms with E-state index < -0.39 is 11.9 Å². The first-order chi connectivity index (χ1) is 9.62. The Bertz CT molecular complexity index is 558. The van der Waals surface area contributed by atoms with Crippen molar-refractivity contribution in [3.8, 4) is 0 Å². The summed E-state index contributed by atoms with van der Waals surface area (Å²) in [5.74, 6) is 0.0501. The van der Waals surface area contributed by atoms with E-state index in [1.54, 1.807) is 6.20 Å². The number of likely N-dealkylation sites (N-methyl/N-ethyl adjacent to an activating group) is 1. The third-order valence-electron chi connectivity index (χ3n) is 2.80. The quantitative estimate of drug-likeness (QED) is 0.559. The van der Waals surface area contributed by atoms with E-state index in [1.165, 1.54) is 12.0 Å². The van der Waals surface area contributed by atoms with Gasteiger partial charge in [-0.1, -0.05) is 0 Å². The topological polar surface area (TPSA) is 99.6 Å². The molecule has 8 nitrogen and oxygen atoms in total. The lowest BCUT2D eigenvalue weighted by Crippen LogP contribution is -2.40. The monoisotopic (exact) mass is 279 g/mol. The number of ether oxygens (including phenoxy) is 1. The summed E-state index contributed by atoms with van der Waals surface area (Å²) in [7, 11) is 1.29. The largest absolute Gasteiger partial charge is 0.479 e. The molecule has 0 spiro atoms. The Morgan fingerprint density at radius 2 is 2.30 bits per heavy atom. The molecule has 0 aromatic carbocycles. The minimum Gasteiger partial charge on any atom is -0.479 e. The number of hydrogen-bond donors (Lipinski definition) is 3. The Kier molecular flexibility index (Phi) is 3.92. The SMILES string of the molecule is CCNc1ncc2c(n1)N(CC)C(=O)/C(=C(/O)OC)N2. The highest BCUT2D eigenvalue weighted by molar-refractivity contribution is 6.11. The van der Waals surface area contributed by atoms with E-state index in [0.29, 0.717) is 30.5 Å². The van der Waals surface area contributed by atoms with E-state index in [-0.39, 0.29) is 5.70 Å². The normalized spacial score (nSPS) is 16.4. The highest BCUT2D eigenvalue weighted by atomic mass is 16.6. The molecule has 2 rings (SSSR count). The standard InChI is InChI=1S/C12H17N5O3/c1-4-13-12-14-6-7-9(16-12)17(5-2)10(18)8(15-7)11(19)20-3/h6,15,19H,4-5H2,1-3H3,(H,13,14,16)/b11-8+. The van der Waals surface area contributed by atoms with Gasteiger partial charge in [0.05, 0.1) is 13.3 Å². The van der Waals surface area contributed by atoms with Crippen LogP contribution in [0, 0.1) is 0 Å². The summed E-state index contributed by atoms with van der Waals surface area (Å²) in [6.07, 6.45) is 1.55. The van der Waals surface area contributed by atoms with E-state index in [2.05, 4.69) is 20.6 Å². The van der Waals surface area contributed by atoms with Crippen molar-refractivity contribution in [3.63, 3.8) is 0 Å². The number of aromatic nitrogens is 2. The number of nitrogens with one attached hydrogen (secondary N) is 2. The molecule has 2 heterocycles. The van der Waals surface area contributed by atoms with Gasteiger partial charge in [0.25, 0.3) is 5.91 Å². The maximum atomic E-state index is 12.3. The number of aliphatic hydroxyl groups excluding tert-OH is 1. The first-order valence-electron chi connectivity index (χ1n) is 6.29. The minimum atomic E-state index is -0.463. The van der Waals surface area contributed by atoms with E-state index in [9.17, 15) is 9.90 Å². The van der Waals surface area contributed by atoms with Gasteiger partial charge in [0.15, 0.2) is 11.5 Å². The molecule has 3 N–H and O–H groups in total. The molecular formula is C12H17N5O3.